The number of ether oxygens (including phenoxy) is 2. The molecule has 0 aliphatic carbocycles. The number of hydrogen-bond acceptors (Lipinski definition) is 5. The summed E-state index contributed by atoms with van der Waals surface area (Å²) in [5.74, 6) is -0.898. The molecule has 0 radical (unpaired) electrons. The van der Waals surface area contributed by atoms with Crippen molar-refractivity contribution < 1.29 is 19.1 Å². The number of nitrogen functional groups attached to an aromatic ring is 1. The number of nitrogens with one attached hydrogen (secondary N) is 1. The van der Waals surface area contributed by atoms with Crippen LogP contribution in [0.5, 0.6) is 0 Å². The second kappa shape index (κ2) is 6.91. The predicted molar refractivity (Wildman–Crippen MR) is 73.1 cm³/mol. The minimum absolute atomic E-state index is 0.0942. The van der Waals surface area contributed by atoms with Crippen LogP contribution >= 0.6 is 0 Å². The second-order valence-electron chi connectivity index (χ2n) is 4.62. The Kier molecular flexibility index (Phi) is 4.95. The molecule has 1 aliphatic rings. The number of esters is 1. The molecule has 1 saturated heterocycles. The van der Waals surface area contributed by atoms with Crippen LogP contribution < -0.4 is 11.1 Å². The summed E-state index contributed by atoms with van der Waals surface area (Å²) in [5, 5.41) is 2.81. The van der Waals surface area contributed by atoms with Gasteiger partial charge in [0.25, 0.3) is 5.91 Å². The molecule has 1 fully saturated rings. The molecule has 6 nitrogen and oxygen atoms in total. The number of amides is 1. The number of anilines is 1. The van der Waals surface area contributed by atoms with Crippen LogP contribution in [0.2, 0.25) is 0 Å². The van der Waals surface area contributed by atoms with Crippen molar-refractivity contribution >= 4 is 17.6 Å². The van der Waals surface area contributed by atoms with Crippen molar-refractivity contribution in [2.75, 3.05) is 25.6 Å². The lowest BCUT2D eigenvalue weighted by atomic mass is 10.1. The molecule has 1 aliphatic heterocycles. The van der Waals surface area contributed by atoms with Gasteiger partial charge in [-0.1, -0.05) is 12.1 Å². The van der Waals surface area contributed by atoms with E-state index in [1.807, 2.05) is 0 Å². The van der Waals surface area contributed by atoms with Crippen LogP contribution in [0.4, 0.5) is 5.69 Å². The zero-order chi connectivity index (χ0) is 14.4. The molecule has 108 valence electrons. The maximum Gasteiger partial charge on any atom is 0.340 e. The molecule has 1 aromatic rings. The number of carbonyl (C=O) groups is 2. The topological polar surface area (TPSA) is 90.7 Å². The van der Waals surface area contributed by atoms with Gasteiger partial charge in [0, 0.05) is 24.9 Å². The Bertz CT molecular complexity index is 484. The van der Waals surface area contributed by atoms with Crippen LogP contribution in [-0.2, 0) is 14.3 Å². The van der Waals surface area contributed by atoms with E-state index in [4.69, 9.17) is 15.2 Å². The number of para-hydroxylation sites is 1. The summed E-state index contributed by atoms with van der Waals surface area (Å²) in [4.78, 5) is 23.4. The smallest absolute Gasteiger partial charge is 0.340 e. The van der Waals surface area contributed by atoms with Crippen molar-refractivity contribution in [1.82, 2.24) is 5.32 Å². The molecule has 3 N–H and O–H groups in total. The molecule has 0 saturated carbocycles. The third-order valence-corrected chi connectivity index (χ3v) is 3.10. The van der Waals surface area contributed by atoms with Crippen LogP contribution in [0, 0.1) is 0 Å². The van der Waals surface area contributed by atoms with Crippen molar-refractivity contribution in [2.24, 2.45) is 0 Å². The number of benzene rings is 1. The van der Waals surface area contributed by atoms with Gasteiger partial charge in [0.05, 0.1) is 5.56 Å². The number of carbonyl (C=O) groups excluding carboxylic acids is 2. The fraction of sp³-hybridized carbons (Fsp3) is 0.429. The summed E-state index contributed by atoms with van der Waals surface area (Å²) in [6, 6.07) is 6.68. The SMILES string of the molecule is Nc1ccccc1C(=O)OCC(=O)NC1CCOCC1. The molecule has 1 aromatic carbocycles. The number of nitrogens with two attached hydrogens (primary N) is 1. The van der Waals surface area contributed by atoms with Crippen LogP contribution in [0.3, 0.4) is 0 Å². The van der Waals surface area contributed by atoms with Crippen LogP contribution in [-0.4, -0.2) is 37.7 Å². The molecular weight excluding hydrogens is 260 g/mol. The van der Waals surface area contributed by atoms with Crippen molar-refractivity contribution in [3.05, 3.63) is 29.8 Å². The molecule has 6 heteroatoms. The summed E-state index contributed by atoms with van der Waals surface area (Å²) in [6.45, 7) is 0.987. The first-order valence-corrected chi connectivity index (χ1v) is 6.55. The third-order valence-electron chi connectivity index (χ3n) is 3.10. The Morgan fingerprint density at radius 1 is 1.30 bits per heavy atom. The maximum absolute atomic E-state index is 11.8. The fourth-order valence-electron chi connectivity index (χ4n) is 2.00. The largest absolute Gasteiger partial charge is 0.452 e. The first-order chi connectivity index (χ1) is 9.66. The normalized spacial score (nSPS) is 15.6. The molecule has 0 bridgehead atoms. The van der Waals surface area contributed by atoms with Crippen LogP contribution in [0.25, 0.3) is 0 Å². The zero-order valence-corrected chi connectivity index (χ0v) is 11.1. The molecule has 20 heavy (non-hydrogen) atoms. The highest BCUT2D eigenvalue weighted by atomic mass is 16.5. The first kappa shape index (κ1) is 14.3. The van der Waals surface area contributed by atoms with Gasteiger partial charge < -0.3 is 20.5 Å². The van der Waals surface area contributed by atoms with E-state index in [-0.39, 0.29) is 24.1 Å². The van der Waals surface area contributed by atoms with Gasteiger partial charge in [0.1, 0.15) is 0 Å². The van der Waals surface area contributed by atoms with E-state index < -0.39 is 5.97 Å². The maximum atomic E-state index is 11.8. The molecule has 1 amide bonds. The van der Waals surface area contributed by atoms with Crippen LogP contribution in [0.1, 0.15) is 23.2 Å². The highest BCUT2D eigenvalue weighted by Gasteiger charge is 2.17. The molecule has 2 rings (SSSR count). The lowest BCUT2D eigenvalue weighted by molar-refractivity contribution is -0.125. The van der Waals surface area contributed by atoms with Gasteiger partial charge in [-0.15, -0.1) is 0 Å². The summed E-state index contributed by atoms with van der Waals surface area (Å²) < 4.78 is 10.1. The van der Waals surface area contributed by atoms with Gasteiger partial charge in [0.2, 0.25) is 0 Å². The monoisotopic (exact) mass is 278 g/mol. The summed E-state index contributed by atoms with van der Waals surface area (Å²) in [5.41, 5.74) is 6.27. The number of hydrogen-bond donors (Lipinski definition) is 2. The number of rotatable bonds is 4. The van der Waals surface area contributed by atoms with E-state index in [2.05, 4.69) is 5.32 Å². The fourth-order valence-corrected chi connectivity index (χ4v) is 2.00. The van der Waals surface area contributed by atoms with Crippen molar-refractivity contribution in [3.63, 3.8) is 0 Å². The van der Waals surface area contributed by atoms with E-state index in [1.165, 1.54) is 0 Å². The Hall–Kier alpha value is -2.08. The van der Waals surface area contributed by atoms with Crippen molar-refractivity contribution in [1.29, 1.82) is 0 Å². The molecule has 0 unspecified atom stereocenters. The average Bonchev–Trinajstić information content (AvgIpc) is 2.46. The quantitative estimate of drug-likeness (QED) is 0.625. The summed E-state index contributed by atoms with van der Waals surface area (Å²) in [6.07, 6.45) is 1.57. The molecular formula is C14H18N2O4. The predicted octanol–water partition coefficient (Wildman–Crippen LogP) is 0.721. The Morgan fingerprint density at radius 3 is 2.70 bits per heavy atom. The highest BCUT2D eigenvalue weighted by molar-refractivity contribution is 5.96. The minimum atomic E-state index is -0.592. The van der Waals surface area contributed by atoms with Crippen molar-refractivity contribution in [3.8, 4) is 0 Å². The molecule has 0 aromatic heterocycles. The third kappa shape index (κ3) is 3.96. The Morgan fingerprint density at radius 2 is 2.00 bits per heavy atom. The zero-order valence-electron chi connectivity index (χ0n) is 11.1. The van der Waals surface area contributed by atoms with E-state index in [0.717, 1.165) is 12.8 Å². The van der Waals surface area contributed by atoms with E-state index in [0.29, 0.717) is 18.9 Å². The van der Waals surface area contributed by atoms with E-state index in [9.17, 15) is 9.59 Å². The minimum Gasteiger partial charge on any atom is -0.452 e. The lowest BCUT2D eigenvalue weighted by Crippen LogP contribution is -2.41. The van der Waals surface area contributed by atoms with Gasteiger partial charge in [-0.25, -0.2) is 4.79 Å². The Labute approximate surface area is 117 Å². The molecule has 0 spiro atoms. The average molecular weight is 278 g/mol. The van der Waals surface area contributed by atoms with E-state index in [1.54, 1.807) is 24.3 Å². The van der Waals surface area contributed by atoms with Gasteiger partial charge in [0.15, 0.2) is 6.61 Å². The van der Waals surface area contributed by atoms with Gasteiger partial charge in [-0.2, -0.15) is 0 Å². The first-order valence-electron chi connectivity index (χ1n) is 6.55. The second-order valence-corrected chi connectivity index (χ2v) is 4.62. The van der Waals surface area contributed by atoms with Gasteiger partial charge >= 0.3 is 5.97 Å². The molecule has 0 atom stereocenters. The van der Waals surface area contributed by atoms with Crippen molar-refractivity contribution in [2.45, 2.75) is 18.9 Å². The highest BCUT2D eigenvalue weighted by Crippen LogP contribution is 2.11. The van der Waals surface area contributed by atoms with Gasteiger partial charge in [-0.3, -0.25) is 4.79 Å². The summed E-state index contributed by atoms with van der Waals surface area (Å²) in [7, 11) is 0. The summed E-state index contributed by atoms with van der Waals surface area (Å²) >= 11 is 0. The Balaban J connectivity index is 1.78. The van der Waals surface area contributed by atoms with Crippen LogP contribution in [0.15, 0.2) is 24.3 Å². The standard InChI is InChI=1S/C14H18N2O4/c15-12-4-2-1-3-11(12)14(18)20-9-13(17)16-10-5-7-19-8-6-10/h1-4,10H,5-9,15H2,(H,16,17). The van der Waals surface area contributed by atoms with Gasteiger partial charge in [-0.05, 0) is 25.0 Å². The molecule has 1 heterocycles. The van der Waals surface area contributed by atoms with E-state index >= 15 is 0 Å². The lowest BCUT2D eigenvalue weighted by Gasteiger charge is -2.22.